The zero-order valence-electron chi connectivity index (χ0n) is 11.8. The maximum Gasteiger partial charge on any atom is 0.311 e. The van der Waals surface area contributed by atoms with E-state index in [0.717, 1.165) is 6.07 Å². The molecule has 1 aromatic carbocycles. The summed E-state index contributed by atoms with van der Waals surface area (Å²) in [5.74, 6) is -1.76. The lowest BCUT2D eigenvalue weighted by Gasteiger charge is -2.23. The molecule has 0 aliphatic rings. The van der Waals surface area contributed by atoms with Gasteiger partial charge in [-0.15, -0.1) is 0 Å². The van der Waals surface area contributed by atoms with E-state index in [4.69, 9.17) is 5.73 Å². The predicted molar refractivity (Wildman–Crippen MR) is 76.1 cm³/mol. The van der Waals surface area contributed by atoms with Crippen LogP contribution in [0.25, 0.3) is 0 Å². The van der Waals surface area contributed by atoms with Crippen LogP contribution in [0.4, 0.5) is 11.4 Å². The highest BCUT2D eigenvalue weighted by atomic mass is 16.6. The summed E-state index contributed by atoms with van der Waals surface area (Å²) >= 11 is 0. The average molecular weight is 295 g/mol. The van der Waals surface area contributed by atoms with Crippen LogP contribution in [0.1, 0.15) is 30.6 Å². The maximum atomic E-state index is 11.2. The van der Waals surface area contributed by atoms with Crippen molar-refractivity contribution in [2.75, 3.05) is 11.9 Å². The summed E-state index contributed by atoms with van der Waals surface area (Å²) in [6, 6.07) is 3.76. The van der Waals surface area contributed by atoms with Gasteiger partial charge in [-0.25, -0.2) is 0 Å². The van der Waals surface area contributed by atoms with Gasteiger partial charge in [0.1, 0.15) is 5.69 Å². The number of nitro benzene ring substituents is 1. The van der Waals surface area contributed by atoms with Gasteiger partial charge in [-0.3, -0.25) is 19.7 Å². The van der Waals surface area contributed by atoms with E-state index < -0.39 is 22.2 Å². The quantitative estimate of drug-likeness (QED) is 0.516. The van der Waals surface area contributed by atoms with Crippen molar-refractivity contribution in [3.63, 3.8) is 0 Å². The molecule has 8 heteroatoms. The van der Waals surface area contributed by atoms with Crippen LogP contribution >= 0.6 is 0 Å². The predicted octanol–water partition coefficient (Wildman–Crippen LogP) is 1.61. The Kier molecular flexibility index (Phi) is 4.85. The summed E-state index contributed by atoms with van der Waals surface area (Å²) in [7, 11) is 0. The number of carboxylic acid groups (broad SMARTS) is 1. The Hall–Kier alpha value is -2.64. The number of aliphatic carboxylic acids is 1. The first-order valence-electron chi connectivity index (χ1n) is 6.27. The molecule has 0 fully saturated rings. The highest BCUT2D eigenvalue weighted by molar-refractivity contribution is 5.94. The lowest BCUT2D eigenvalue weighted by molar-refractivity contribution is -0.384. The summed E-state index contributed by atoms with van der Waals surface area (Å²) in [6.07, 6.45) is 0.364. The highest BCUT2D eigenvalue weighted by Gasteiger charge is 2.31. The molecule has 4 N–H and O–H groups in total. The molecule has 0 aliphatic heterocycles. The minimum Gasteiger partial charge on any atom is -0.481 e. The second-order valence-electron chi connectivity index (χ2n) is 4.93. The molecule has 1 unspecified atom stereocenters. The van der Waals surface area contributed by atoms with E-state index in [1.165, 1.54) is 12.1 Å². The van der Waals surface area contributed by atoms with Crippen molar-refractivity contribution in [3.8, 4) is 0 Å². The Morgan fingerprint density at radius 1 is 1.48 bits per heavy atom. The SMILES string of the molecule is CCC(C)(CNc1ccc(C(N)=O)cc1[N+](=O)[O-])C(=O)O. The molecule has 8 nitrogen and oxygen atoms in total. The van der Waals surface area contributed by atoms with E-state index in [-0.39, 0.29) is 23.5 Å². The molecule has 1 amide bonds. The van der Waals surface area contributed by atoms with Gasteiger partial charge in [-0.2, -0.15) is 0 Å². The Balaban J connectivity index is 3.06. The van der Waals surface area contributed by atoms with Gasteiger partial charge in [0.25, 0.3) is 5.69 Å². The number of anilines is 1. The molecule has 1 aromatic rings. The first kappa shape index (κ1) is 16.4. The first-order valence-corrected chi connectivity index (χ1v) is 6.27. The molecule has 0 aliphatic carbocycles. The number of nitrogens with zero attached hydrogens (tertiary/aromatic N) is 1. The number of nitrogens with two attached hydrogens (primary N) is 1. The van der Waals surface area contributed by atoms with Crippen molar-refractivity contribution in [1.29, 1.82) is 0 Å². The summed E-state index contributed by atoms with van der Waals surface area (Å²) < 4.78 is 0. The topological polar surface area (TPSA) is 136 Å². The average Bonchev–Trinajstić information content (AvgIpc) is 2.43. The molecule has 0 bridgehead atoms. The van der Waals surface area contributed by atoms with Gasteiger partial charge in [-0.1, -0.05) is 6.92 Å². The third-order valence-corrected chi connectivity index (χ3v) is 3.44. The van der Waals surface area contributed by atoms with Crippen LogP contribution < -0.4 is 11.1 Å². The van der Waals surface area contributed by atoms with Gasteiger partial charge in [0.2, 0.25) is 5.91 Å². The van der Waals surface area contributed by atoms with E-state index in [9.17, 15) is 24.8 Å². The van der Waals surface area contributed by atoms with Crippen LogP contribution in [0, 0.1) is 15.5 Å². The molecular weight excluding hydrogens is 278 g/mol. The second kappa shape index (κ2) is 6.21. The van der Waals surface area contributed by atoms with Crippen LogP contribution in [0.15, 0.2) is 18.2 Å². The number of hydrogen-bond acceptors (Lipinski definition) is 5. The number of carbonyl (C=O) groups excluding carboxylic acids is 1. The van der Waals surface area contributed by atoms with Crippen molar-refractivity contribution in [1.82, 2.24) is 0 Å². The molecule has 0 radical (unpaired) electrons. The van der Waals surface area contributed by atoms with Gasteiger partial charge in [0.05, 0.1) is 10.3 Å². The first-order chi connectivity index (χ1) is 9.71. The molecule has 0 saturated heterocycles. The largest absolute Gasteiger partial charge is 0.481 e. The van der Waals surface area contributed by atoms with Crippen LogP contribution in [-0.4, -0.2) is 28.5 Å². The Morgan fingerprint density at radius 3 is 2.52 bits per heavy atom. The Morgan fingerprint density at radius 2 is 2.10 bits per heavy atom. The van der Waals surface area contributed by atoms with Gasteiger partial charge in [-0.05, 0) is 25.5 Å². The van der Waals surface area contributed by atoms with E-state index in [0.29, 0.717) is 6.42 Å². The zero-order chi connectivity index (χ0) is 16.2. The van der Waals surface area contributed by atoms with Crippen molar-refractivity contribution in [2.24, 2.45) is 11.1 Å². The molecular formula is C13H17N3O5. The lowest BCUT2D eigenvalue weighted by Crippen LogP contribution is -2.34. The minimum atomic E-state index is -1.05. The third-order valence-electron chi connectivity index (χ3n) is 3.44. The molecule has 1 atom stereocenters. The van der Waals surface area contributed by atoms with E-state index >= 15 is 0 Å². The highest BCUT2D eigenvalue weighted by Crippen LogP contribution is 2.28. The summed E-state index contributed by atoms with van der Waals surface area (Å²) in [5, 5.41) is 23.0. The molecule has 0 saturated carbocycles. The molecule has 114 valence electrons. The minimum absolute atomic E-state index is 0.0173. The van der Waals surface area contributed by atoms with Crippen LogP contribution in [-0.2, 0) is 4.79 Å². The van der Waals surface area contributed by atoms with Gasteiger partial charge < -0.3 is 16.2 Å². The monoisotopic (exact) mass is 295 g/mol. The molecule has 0 spiro atoms. The summed E-state index contributed by atoms with van der Waals surface area (Å²) in [6.45, 7) is 3.29. The fourth-order valence-corrected chi connectivity index (χ4v) is 1.63. The van der Waals surface area contributed by atoms with Crippen LogP contribution in [0.5, 0.6) is 0 Å². The number of hydrogen-bond donors (Lipinski definition) is 3. The van der Waals surface area contributed by atoms with E-state index in [1.807, 2.05) is 0 Å². The van der Waals surface area contributed by atoms with Crippen molar-refractivity contribution < 1.29 is 19.6 Å². The molecule has 0 aromatic heterocycles. The van der Waals surface area contributed by atoms with E-state index in [1.54, 1.807) is 13.8 Å². The number of rotatable bonds is 7. The number of nitro groups is 1. The van der Waals surface area contributed by atoms with Gasteiger partial charge >= 0.3 is 5.97 Å². The normalized spacial score (nSPS) is 13.2. The van der Waals surface area contributed by atoms with Crippen molar-refractivity contribution in [3.05, 3.63) is 33.9 Å². The fraction of sp³-hybridized carbons (Fsp3) is 0.385. The Bertz CT molecular complexity index is 587. The van der Waals surface area contributed by atoms with E-state index in [2.05, 4.69) is 5.32 Å². The zero-order valence-corrected chi connectivity index (χ0v) is 11.8. The molecule has 21 heavy (non-hydrogen) atoms. The number of amides is 1. The lowest BCUT2D eigenvalue weighted by atomic mass is 9.87. The van der Waals surface area contributed by atoms with Crippen LogP contribution in [0.2, 0.25) is 0 Å². The number of nitrogens with one attached hydrogen (secondary N) is 1. The number of carboxylic acids is 1. The number of primary amides is 1. The smallest absolute Gasteiger partial charge is 0.311 e. The summed E-state index contributed by atoms with van der Waals surface area (Å²) in [5.41, 5.74) is 3.87. The fourth-order valence-electron chi connectivity index (χ4n) is 1.63. The van der Waals surface area contributed by atoms with Crippen molar-refractivity contribution in [2.45, 2.75) is 20.3 Å². The molecule has 0 heterocycles. The standard InChI is InChI=1S/C13H17N3O5/c1-3-13(2,12(18)19)7-15-9-5-4-8(11(14)17)6-10(9)16(20)21/h4-6,15H,3,7H2,1-2H3,(H2,14,17)(H,18,19). The second-order valence-corrected chi connectivity index (χ2v) is 4.93. The number of benzene rings is 1. The Labute approximate surface area is 121 Å². The van der Waals surface area contributed by atoms with Gasteiger partial charge in [0, 0.05) is 18.2 Å². The molecule has 1 rings (SSSR count). The van der Waals surface area contributed by atoms with Crippen LogP contribution in [0.3, 0.4) is 0 Å². The van der Waals surface area contributed by atoms with Gasteiger partial charge in [0.15, 0.2) is 0 Å². The summed E-state index contributed by atoms with van der Waals surface area (Å²) in [4.78, 5) is 32.6. The number of carbonyl (C=O) groups is 2. The van der Waals surface area contributed by atoms with Crippen molar-refractivity contribution >= 4 is 23.3 Å². The maximum absolute atomic E-state index is 11.2. The third kappa shape index (κ3) is 3.68.